The second-order valence-electron chi connectivity index (χ2n) is 6.62. The second-order valence-corrected chi connectivity index (χ2v) is 6.62. The highest BCUT2D eigenvalue weighted by Crippen LogP contribution is 2.30. The molecule has 0 unspecified atom stereocenters. The summed E-state index contributed by atoms with van der Waals surface area (Å²) in [6, 6.07) is 18.1. The van der Waals surface area contributed by atoms with E-state index in [4.69, 9.17) is 10.5 Å². The number of piperazine rings is 1. The first-order valence-electron chi connectivity index (χ1n) is 9.31. The van der Waals surface area contributed by atoms with Gasteiger partial charge >= 0.3 is 0 Å². The van der Waals surface area contributed by atoms with E-state index < -0.39 is 0 Å². The Labute approximate surface area is 164 Å². The molecule has 1 aliphatic heterocycles. The number of nitrogens with one attached hydrogen (secondary N) is 1. The third-order valence-corrected chi connectivity index (χ3v) is 4.92. The second kappa shape index (κ2) is 8.04. The number of nitrogen functional groups attached to an aromatic ring is 1. The summed E-state index contributed by atoms with van der Waals surface area (Å²) in [7, 11) is 1.65. The molecule has 1 fully saturated rings. The molecule has 7 nitrogen and oxygen atoms in total. The summed E-state index contributed by atoms with van der Waals surface area (Å²) in [6.07, 6.45) is 1.56. The van der Waals surface area contributed by atoms with Crippen LogP contribution >= 0.6 is 0 Å². The lowest BCUT2D eigenvalue weighted by molar-refractivity contribution is 0.415. The molecular weight excluding hydrogens is 352 g/mol. The molecule has 2 aromatic carbocycles. The molecule has 0 atom stereocenters. The van der Waals surface area contributed by atoms with E-state index in [2.05, 4.69) is 49.4 Å². The zero-order chi connectivity index (χ0) is 19.3. The van der Waals surface area contributed by atoms with Crippen molar-refractivity contribution in [2.45, 2.75) is 0 Å². The molecule has 3 N–H and O–H groups in total. The highest BCUT2D eigenvalue weighted by molar-refractivity contribution is 5.78. The molecule has 1 aromatic heterocycles. The molecule has 7 heteroatoms. The smallest absolute Gasteiger partial charge is 0.159 e. The number of ether oxygens (including phenoxy) is 1. The van der Waals surface area contributed by atoms with Gasteiger partial charge in [-0.2, -0.15) is 0 Å². The van der Waals surface area contributed by atoms with E-state index in [9.17, 15) is 0 Å². The van der Waals surface area contributed by atoms with Crippen molar-refractivity contribution in [1.29, 1.82) is 0 Å². The normalized spacial score (nSPS) is 14.0. The Kier molecular flexibility index (Phi) is 5.14. The molecule has 1 aliphatic rings. The van der Waals surface area contributed by atoms with Crippen molar-refractivity contribution < 1.29 is 4.74 Å². The highest BCUT2D eigenvalue weighted by atomic mass is 16.5. The van der Waals surface area contributed by atoms with Crippen LogP contribution in [0, 0.1) is 0 Å². The van der Waals surface area contributed by atoms with E-state index >= 15 is 0 Å². The van der Waals surface area contributed by atoms with E-state index in [1.807, 2.05) is 30.3 Å². The van der Waals surface area contributed by atoms with E-state index in [0.29, 0.717) is 11.5 Å². The van der Waals surface area contributed by atoms with Crippen molar-refractivity contribution >= 4 is 28.7 Å². The number of hydrogen-bond donors (Lipinski definition) is 2. The van der Waals surface area contributed by atoms with Crippen molar-refractivity contribution in [3.63, 3.8) is 0 Å². The van der Waals surface area contributed by atoms with Crippen LogP contribution in [0.4, 0.5) is 28.7 Å². The average molecular weight is 376 g/mol. The van der Waals surface area contributed by atoms with Crippen LogP contribution in [0.15, 0.2) is 60.9 Å². The standard InChI is InChI=1S/C21H24N6O/c1-28-18-9-7-16(8-10-18)25-20-19(22)21(24-15-23-20)27-13-11-26(12-14-27)17-5-3-2-4-6-17/h2-10,15H,11-14,22H2,1H3,(H,23,24,25). The summed E-state index contributed by atoms with van der Waals surface area (Å²) in [5.41, 5.74) is 9.10. The fourth-order valence-electron chi connectivity index (χ4n) is 3.36. The molecule has 1 saturated heterocycles. The molecule has 2 heterocycles. The Balaban J connectivity index is 1.46. The molecule has 4 rings (SSSR count). The number of rotatable bonds is 5. The van der Waals surface area contributed by atoms with Crippen molar-refractivity contribution in [3.8, 4) is 5.75 Å². The van der Waals surface area contributed by atoms with Crippen LogP contribution in [0.3, 0.4) is 0 Å². The largest absolute Gasteiger partial charge is 0.497 e. The van der Waals surface area contributed by atoms with Crippen molar-refractivity contribution in [2.24, 2.45) is 0 Å². The van der Waals surface area contributed by atoms with E-state index in [-0.39, 0.29) is 0 Å². The van der Waals surface area contributed by atoms with Crippen LogP contribution in [-0.4, -0.2) is 43.3 Å². The first kappa shape index (κ1) is 17.9. The molecule has 0 saturated carbocycles. The predicted molar refractivity (Wildman–Crippen MR) is 114 cm³/mol. The average Bonchev–Trinajstić information content (AvgIpc) is 2.76. The number of para-hydroxylation sites is 1. The van der Waals surface area contributed by atoms with Crippen LogP contribution < -0.4 is 25.6 Å². The van der Waals surface area contributed by atoms with Crippen molar-refractivity contribution in [2.75, 3.05) is 54.1 Å². The van der Waals surface area contributed by atoms with Crippen LogP contribution in [-0.2, 0) is 0 Å². The van der Waals surface area contributed by atoms with Gasteiger partial charge in [-0.15, -0.1) is 0 Å². The van der Waals surface area contributed by atoms with E-state index in [1.165, 1.54) is 5.69 Å². The molecule has 0 spiro atoms. The highest BCUT2D eigenvalue weighted by Gasteiger charge is 2.21. The summed E-state index contributed by atoms with van der Waals surface area (Å²) in [5, 5.41) is 3.27. The zero-order valence-electron chi connectivity index (χ0n) is 15.9. The van der Waals surface area contributed by atoms with Gasteiger partial charge in [0.05, 0.1) is 7.11 Å². The number of methoxy groups -OCH3 is 1. The maximum Gasteiger partial charge on any atom is 0.159 e. The molecular formula is C21H24N6O. The lowest BCUT2D eigenvalue weighted by Gasteiger charge is -2.37. The number of nitrogens with zero attached hydrogens (tertiary/aromatic N) is 4. The minimum Gasteiger partial charge on any atom is -0.497 e. The Morgan fingerprint density at radius 2 is 1.57 bits per heavy atom. The quantitative estimate of drug-likeness (QED) is 0.708. The molecule has 0 aliphatic carbocycles. The summed E-state index contributed by atoms with van der Waals surface area (Å²) in [4.78, 5) is 13.4. The van der Waals surface area contributed by atoms with Crippen molar-refractivity contribution in [1.82, 2.24) is 9.97 Å². The molecule has 3 aromatic rings. The van der Waals surface area contributed by atoms with Crippen LogP contribution in [0.5, 0.6) is 5.75 Å². The van der Waals surface area contributed by atoms with Gasteiger partial charge in [0.2, 0.25) is 0 Å². The number of nitrogens with two attached hydrogens (primary N) is 1. The maximum atomic E-state index is 6.40. The van der Waals surface area contributed by atoms with Gasteiger partial charge in [0.1, 0.15) is 17.8 Å². The Hall–Kier alpha value is -3.48. The van der Waals surface area contributed by atoms with Gasteiger partial charge in [0.25, 0.3) is 0 Å². The van der Waals surface area contributed by atoms with Gasteiger partial charge in [0, 0.05) is 37.6 Å². The van der Waals surface area contributed by atoms with Gasteiger partial charge in [-0.1, -0.05) is 18.2 Å². The summed E-state index contributed by atoms with van der Waals surface area (Å²) in [5.74, 6) is 2.19. The summed E-state index contributed by atoms with van der Waals surface area (Å²) >= 11 is 0. The zero-order valence-corrected chi connectivity index (χ0v) is 15.9. The SMILES string of the molecule is COc1ccc(Nc2ncnc(N3CCN(c4ccccc4)CC3)c2N)cc1. The van der Waals surface area contributed by atoms with Crippen LogP contribution in [0.1, 0.15) is 0 Å². The van der Waals surface area contributed by atoms with E-state index in [1.54, 1.807) is 13.4 Å². The predicted octanol–water partition coefficient (Wildman–Crippen LogP) is 3.14. The van der Waals surface area contributed by atoms with Crippen LogP contribution in [0.2, 0.25) is 0 Å². The third-order valence-electron chi connectivity index (χ3n) is 4.92. The Bertz CT molecular complexity index is 908. The summed E-state index contributed by atoms with van der Waals surface area (Å²) < 4.78 is 5.19. The number of aromatic nitrogens is 2. The molecule has 28 heavy (non-hydrogen) atoms. The Morgan fingerprint density at radius 1 is 0.893 bits per heavy atom. The van der Waals surface area contributed by atoms with Gasteiger partial charge in [-0.3, -0.25) is 0 Å². The maximum absolute atomic E-state index is 6.40. The molecule has 0 bridgehead atoms. The van der Waals surface area contributed by atoms with Gasteiger partial charge in [-0.25, -0.2) is 9.97 Å². The topological polar surface area (TPSA) is 79.5 Å². The fourth-order valence-corrected chi connectivity index (χ4v) is 3.36. The van der Waals surface area contributed by atoms with Crippen LogP contribution in [0.25, 0.3) is 0 Å². The molecule has 144 valence electrons. The van der Waals surface area contributed by atoms with E-state index in [0.717, 1.165) is 43.4 Å². The third kappa shape index (κ3) is 3.78. The first-order valence-corrected chi connectivity index (χ1v) is 9.31. The lowest BCUT2D eigenvalue weighted by Crippen LogP contribution is -2.47. The minimum atomic E-state index is 0.562. The monoisotopic (exact) mass is 376 g/mol. The van der Waals surface area contributed by atoms with Gasteiger partial charge in [0.15, 0.2) is 11.6 Å². The van der Waals surface area contributed by atoms with Gasteiger partial charge < -0.3 is 25.6 Å². The van der Waals surface area contributed by atoms with Gasteiger partial charge in [-0.05, 0) is 36.4 Å². The lowest BCUT2D eigenvalue weighted by atomic mass is 10.2. The first-order chi connectivity index (χ1) is 13.7. The van der Waals surface area contributed by atoms with Crippen molar-refractivity contribution in [3.05, 3.63) is 60.9 Å². The summed E-state index contributed by atoms with van der Waals surface area (Å²) in [6.45, 7) is 3.57. The molecule has 0 radical (unpaired) electrons. The number of benzene rings is 2. The fraction of sp³-hybridized carbons (Fsp3) is 0.238. The number of hydrogen-bond acceptors (Lipinski definition) is 7. The minimum absolute atomic E-state index is 0.562. The Morgan fingerprint density at radius 3 is 2.25 bits per heavy atom. The molecule has 0 amide bonds. The number of anilines is 5.